The van der Waals surface area contributed by atoms with Crippen molar-refractivity contribution in [1.82, 2.24) is 0 Å². The third-order valence-corrected chi connectivity index (χ3v) is 3.34. The zero-order valence-corrected chi connectivity index (χ0v) is 12.4. The van der Waals surface area contributed by atoms with Gasteiger partial charge >= 0.3 is 0 Å². The molecule has 0 saturated heterocycles. The van der Waals surface area contributed by atoms with Crippen LogP contribution in [-0.2, 0) is 4.79 Å². The molecule has 0 aromatic heterocycles. The van der Waals surface area contributed by atoms with Crippen molar-refractivity contribution in [1.29, 1.82) is 5.26 Å². The predicted molar refractivity (Wildman–Crippen MR) is 84.7 cm³/mol. The van der Waals surface area contributed by atoms with Crippen molar-refractivity contribution in [3.63, 3.8) is 0 Å². The molecule has 2 aromatic rings. The number of benzene rings is 2. The zero-order valence-electron chi connectivity index (χ0n) is 10.9. The number of carbonyl (C=O) groups is 1. The summed E-state index contributed by atoms with van der Waals surface area (Å²) in [7, 11) is 0. The van der Waals surface area contributed by atoms with Crippen molar-refractivity contribution >= 4 is 40.5 Å². The van der Waals surface area contributed by atoms with Gasteiger partial charge in [0.25, 0.3) is 0 Å². The van der Waals surface area contributed by atoms with E-state index in [0.717, 1.165) is 0 Å². The molecule has 0 aliphatic heterocycles. The first kappa shape index (κ1) is 15.2. The average molecular weight is 320 g/mol. The first-order chi connectivity index (χ1) is 10.1. The van der Waals surface area contributed by atoms with Gasteiger partial charge in [0.15, 0.2) is 0 Å². The number of hydrogen-bond acceptors (Lipinski definition) is 3. The van der Waals surface area contributed by atoms with Gasteiger partial charge in [-0.1, -0.05) is 41.4 Å². The van der Waals surface area contributed by atoms with E-state index in [9.17, 15) is 4.79 Å². The fraction of sp³-hybridized carbons (Fsp3) is 0.0667. The van der Waals surface area contributed by atoms with Gasteiger partial charge in [-0.05, 0) is 24.3 Å². The Morgan fingerprint density at radius 1 is 1.10 bits per heavy atom. The van der Waals surface area contributed by atoms with Crippen molar-refractivity contribution in [2.45, 2.75) is 0 Å². The molecule has 0 aliphatic rings. The van der Waals surface area contributed by atoms with E-state index < -0.39 is 0 Å². The summed E-state index contributed by atoms with van der Waals surface area (Å²) in [6, 6.07) is 13.9. The number of nitriles is 1. The molecule has 0 aliphatic carbocycles. The summed E-state index contributed by atoms with van der Waals surface area (Å²) in [4.78, 5) is 11.9. The topological polar surface area (TPSA) is 64.9 Å². The van der Waals surface area contributed by atoms with E-state index >= 15 is 0 Å². The van der Waals surface area contributed by atoms with Crippen molar-refractivity contribution in [2.24, 2.45) is 0 Å². The molecule has 6 heteroatoms. The van der Waals surface area contributed by atoms with Crippen LogP contribution in [0.5, 0.6) is 0 Å². The van der Waals surface area contributed by atoms with Gasteiger partial charge in [0.1, 0.15) is 6.07 Å². The summed E-state index contributed by atoms with van der Waals surface area (Å²) in [5, 5.41) is 15.4. The van der Waals surface area contributed by atoms with Gasteiger partial charge in [0.05, 0.1) is 33.5 Å². The van der Waals surface area contributed by atoms with Crippen molar-refractivity contribution < 1.29 is 4.79 Å². The lowest BCUT2D eigenvalue weighted by Gasteiger charge is -2.11. The minimum Gasteiger partial charge on any atom is -0.374 e. The van der Waals surface area contributed by atoms with Gasteiger partial charge in [-0.3, -0.25) is 4.79 Å². The van der Waals surface area contributed by atoms with Crippen LogP contribution in [0.4, 0.5) is 11.4 Å². The third kappa shape index (κ3) is 3.88. The Bertz CT molecular complexity index is 690. The minimum absolute atomic E-state index is 0.0107. The molecule has 1 amide bonds. The van der Waals surface area contributed by atoms with Crippen LogP contribution in [0.2, 0.25) is 10.0 Å². The SMILES string of the molecule is N#Cc1ccccc1NC(=O)CNc1c(Cl)cccc1Cl. The number of halogens is 2. The molecule has 0 unspecified atom stereocenters. The number of amides is 1. The quantitative estimate of drug-likeness (QED) is 0.897. The highest BCUT2D eigenvalue weighted by atomic mass is 35.5. The number of hydrogen-bond donors (Lipinski definition) is 2. The van der Waals surface area contributed by atoms with Gasteiger partial charge in [-0.2, -0.15) is 5.26 Å². The second-order valence-corrected chi connectivity index (χ2v) is 4.97. The van der Waals surface area contributed by atoms with E-state index in [1.165, 1.54) is 0 Å². The largest absolute Gasteiger partial charge is 0.374 e. The molecule has 0 fully saturated rings. The van der Waals surface area contributed by atoms with Crippen molar-refractivity contribution in [2.75, 3.05) is 17.2 Å². The first-order valence-corrected chi connectivity index (χ1v) is 6.84. The lowest BCUT2D eigenvalue weighted by molar-refractivity contribution is -0.114. The average Bonchev–Trinajstić information content (AvgIpc) is 2.47. The van der Waals surface area contributed by atoms with Gasteiger partial charge in [0, 0.05) is 0 Å². The fourth-order valence-corrected chi connectivity index (χ4v) is 2.25. The number of rotatable bonds is 4. The second kappa shape index (κ2) is 6.98. The standard InChI is InChI=1S/C15H11Cl2N3O/c16-11-5-3-6-12(17)15(11)19-9-14(21)20-13-7-2-1-4-10(13)8-18/h1-7,19H,9H2,(H,20,21). The molecule has 106 valence electrons. The van der Waals surface area contributed by atoms with E-state index in [2.05, 4.69) is 10.6 Å². The molecular formula is C15H11Cl2N3O. The van der Waals surface area contributed by atoms with Gasteiger partial charge in [-0.15, -0.1) is 0 Å². The Balaban J connectivity index is 2.02. The molecule has 0 radical (unpaired) electrons. The summed E-state index contributed by atoms with van der Waals surface area (Å²) >= 11 is 12.0. The van der Waals surface area contributed by atoms with Gasteiger partial charge in [-0.25, -0.2) is 0 Å². The summed E-state index contributed by atoms with van der Waals surface area (Å²) in [6.45, 7) is -0.0107. The molecule has 0 saturated carbocycles. The molecule has 0 spiro atoms. The van der Waals surface area contributed by atoms with Crippen LogP contribution in [0.3, 0.4) is 0 Å². The number of para-hydroxylation sites is 2. The Kier molecular flexibility index (Phi) is 5.04. The Labute approximate surface area is 132 Å². The Morgan fingerprint density at radius 2 is 1.76 bits per heavy atom. The van der Waals surface area contributed by atoms with Crippen molar-refractivity contribution in [3.8, 4) is 6.07 Å². The first-order valence-electron chi connectivity index (χ1n) is 6.08. The molecular weight excluding hydrogens is 309 g/mol. The lowest BCUT2D eigenvalue weighted by Crippen LogP contribution is -2.22. The van der Waals surface area contributed by atoms with E-state index in [1.807, 2.05) is 6.07 Å². The van der Waals surface area contributed by atoms with Crippen molar-refractivity contribution in [3.05, 3.63) is 58.1 Å². The van der Waals surface area contributed by atoms with Gasteiger partial charge < -0.3 is 10.6 Å². The Hall–Kier alpha value is -2.22. The lowest BCUT2D eigenvalue weighted by atomic mass is 10.2. The maximum atomic E-state index is 11.9. The molecule has 0 bridgehead atoms. The number of anilines is 2. The summed E-state index contributed by atoms with van der Waals surface area (Å²) in [6.07, 6.45) is 0. The van der Waals surface area contributed by atoms with Crippen LogP contribution >= 0.6 is 23.2 Å². The summed E-state index contributed by atoms with van der Waals surface area (Å²) < 4.78 is 0. The van der Waals surface area contributed by atoms with E-state index in [-0.39, 0.29) is 12.5 Å². The zero-order chi connectivity index (χ0) is 15.2. The molecule has 21 heavy (non-hydrogen) atoms. The van der Waals surface area contributed by atoms with Crippen LogP contribution in [0.25, 0.3) is 0 Å². The minimum atomic E-state index is -0.298. The predicted octanol–water partition coefficient (Wildman–Crippen LogP) is 3.92. The fourth-order valence-electron chi connectivity index (χ4n) is 1.72. The van der Waals surface area contributed by atoms with E-state index in [1.54, 1.807) is 42.5 Å². The maximum Gasteiger partial charge on any atom is 0.243 e. The van der Waals surface area contributed by atoms with Crippen LogP contribution in [0.15, 0.2) is 42.5 Å². The molecule has 2 aromatic carbocycles. The third-order valence-electron chi connectivity index (χ3n) is 2.71. The van der Waals surface area contributed by atoms with Crippen LogP contribution in [0, 0.1) is 11.3 Å². The maximum absolute atomic E-state index is 11.9. The summed E-state index contributed by atoms with van der Waals surface area (Å²) in [5.41, 5.74) is 1.38. The van der Waals surface area contributed by atoms with E-state index in [4.69, 9.17) is 28.5 Å². The molecule has 4 nitrogen and oxygen atoms in total. The number of carbonyl (C=O) groups excluding carboxylic acids is 1. The molecule has 2 N–H and O–H groups in total. The molecule has 0 heterocycles. The highest BCUT2D eigenvalue weighted by Crippen LogP contribution is 2.29. The number of nitrogens with one attached hydrogen (secondary N) is 2. The van der Waals surface area contributed by atoms with Crippen LogP contribution in [0.1, 0.15) is 5.56 Å². The molecule has 2 rings (SSSR count). The smallest absolute Gasteiger partial charge is 0.243 e. The molecule has 0 atom stereocenters. The second-order valence-electron chi connectivity index (χ2n) is 4.16. The van der Waals surface area contributed by atoms with Gasteiger partial charge in [0.2, 0.25) is 5.91 Å². The normalized spacial score (nSPS) is 9.76. The van der Waals surface area contributed by atoms with Crippen LogP contribution < -0.4 is 10.6 Å². The monoisotopic (exact) mass is 319 g/mol. The highest BCUT2D eigenvalue weighted by Gasteiger charge is 2.09. The Morgan fingerprint density at radius 3 is 2.43 bits per heavy atom. The summed E-state index contributed by atoms with van der Waals surface area (Å²) in [5.74, 6) is -0.298. The van der Waals surface area contributed by atoms with E-state index in [0.29, 0.717) is 27.0 Å². The van der Waals surface area contributed by atoms with Crippen LogP contribution in [-0.4, -0.2) is 12.5 Å². The number of nitrogens with zero attached hydrogens (tertiary/aromatic N) is 1. The highest BCUT2D eigenvalue weighted by molar-refractivity contribution is 6.39.